The van der Waals surface area contributed by atoms with Crippen LogP contribution in [0.25, 0.3) is 0 Å². The first-order valence-corrected chi connectivity index (χ1v) is 19.9. The first-order chi connectivity index (χ1) is 21.5. The minimum atomic E-state index is -0.915. The van der Waals surface area contributed by atoms with Crippen molar-refractivity contribution in [3.8, 4) is 0 Å². The van der Waals surface area contributed by atoms with E-state index in [1.54, 1.807) is 13.8 Å². The number of hydrogen-bond donors (Lipinski definition) is 2. The van der Waals surface area contributed by atoms with Crippen molar-refractivity contribution in [1.82, 2.24) is 5.32 Å². The number of carboxylic acid groups (broad SMARTS) is 1. The van der Waals surface area contributed by atoms with Crippen molar-refractivity contribution in [2.24, 2.45) is 5.92 Å². The van der Waals surface area contributed by atoms with Crippen LogP contribution >= 0.6 is 0 Å². The van der Waals surface area contributed by atoms with Crippen LogP contribution in [0, 0.1) is 5.92 Å². The predicted octanol–water partition coefficient (Wildman–Crippen LogP) is 11.6. The fourth-order valence-corrected chi connectivity index (χ4v) is 6.50. The lowest BCUT2D eigenvalue weighted by Gasteiger charge is -2.43. The summed E-state index contributed by atoms with van der Waals surface area (Å²) in [6.07, 6.45) is 34.9. The second kappa shape index (κ2) is 28.0. The Balaban J connectivity index is 4.63. The van der Waals surface area contributed by atoms with E-state index in [1.807, 2.05) is 14.1 Å². The number of aliphatic carboxylic acids is 1. The maximum Gasteiger partial charge on any atom is 0.365 e. The summed E-state index contributed by atoms with van der Waals surface area (Å²) in [4.78, 5) is 25.6. The third-order valence-electron chi connectivity index (χ3n) is 10.7. The molecule has 0 aromatic heterocycles. The van der Waals surface area contributed by atoms with Gasteiger partial charge in [0.15, 0.2) is 5.54 Å². The number of unbranched alkanes of at least 4 members (excludes halogenated alkanes) is 22. The number of carboxylic acids is 1. The highest BCUT2D eigenvalue weighted by Gasteiger charge is 2.45. The Bertz CT molecular complexity index is 706. The van der Waals surface area contributed by atoms with Gasteiger partial charge in [0.2, 0.25) is 5.91 Å². The van der Waals surface area contributed by atoms with E-state index >= 15 is 0 Å². The molecule has 0 radical (unpaired) electrons. The lowest BCUT2D eigenvalue weighted by atomic mass is 9.92. The van der Waals surface area contributed by atoms with Crippen molar-refractivity contribution in [2.45, 2.75) is 220 Å². The molecule has 5 nitrogen and oxygen atoms in total. The molecule has 2 N–H and O–H groups in total. The molecule has 2 atom stereocenters. The fourth-order valence-electron chi connectivity index (χ4n) is 6.50. The summed E-state index contributed by atoms with van der Waals surface area (Å²) in [7, 11) is 3.94. The molecule has 0 saturated heterocycles. The average Bonchev–Trinajstić information content (AvgIpc) is 3.00. The maximum absolute atomic E-state index is 13.6. The molecule has 45 heavy (non-hydrogen) atoms. The van der Waals surface area contributed by atoms with Gasteiger partial charge in [0.25, 0.3) is 0 Å². The van der Waals surface area contributed by atoms with Crippen LogP contribution in [0.2, 0.25) is 0 Å². The Labute approximate surface area is 282 Å². The van der Waals surface area contributed by atoms with Crippen molar-refractivity contribution in [2.75, 3.05) is 20.6 Å². The number of amides is 1. The lowest BCUT2D eigenvalue weighted by Crippen LogP contribution is -2.64. The standard InChI is InChI=1S/C40H80N2O3/c1-8-11-13-15-17-19-21-22-23-24-26-28-30-32-34-36(33-31-29-27-25-20-18-16-14-12-9-2)38(43)41-37(10-3)35-42(6,7)40(4,5)39(44)45/h36-37H,8-35H2,1-7H3,(H-,41,43,44,45)/p+1. The minimum Gasteiger partial charge on any atom is -0.477 e. The van der Waals surface area contributed by atoms with Crippen LogP contribution in [0.3, 0.4) is 0 Å². The van der Waals surface area contributed by atoms with Gasteiger partial charge in [-0.15, -0.1) is 0 Å². The molecule has 0 saturated carbocycles. The van der Waals surface area contributed by atoms with Crippen molar-refractivity contribution < 1.29 is 19.2 Å². The summed E-state index contributed by atoms with van der Waals surface area (Å²) in [5, 5.41) is 13.2. The molecule has 0 aromatic carbocycles. The predicted molar refractivity (Wildman–Crippen MR) is 196 cm³/mol. The molecule has 1 amide bonds. The monoisotopic (exact) mass is 638 g/mol. The molecule has 2 unspecified atom stereocenters. The lowest BCUT2D eigenvalue weighted by molar-refractivity contribution is -0.929. The zero-order valence-corrected chi connectivity index (χ0v) is 31.7. The first-order valence-electron chi connectivity index (χ1n) is 19.9. The van der Waals surface area contributed by atoms with E-state index in [0.717, 1.165) is 32.1 Å². The number of nitrogens with one attached hydrogen (secondary N) is 1. The van der Waals surface area contributed by atoms with Crippen LogP contribution in [-0.4, -0.2) is 53.7 Å². The first kappa shape index (κ1) is 43.9. The summed E-state index contributed by atoms with van der Waals surface area (Å²) >= 11 is 0. The summed E-state index contributed by atoms with van der Waals surface area (Å²) in [6.45, 7) is 10.8. The Hall–Kier alpha value is -1.10. The Morgan fingerprint density at radius 2 is 0.889 bits per heavy atom. The SMILES string of the molecule is CCCCCCCCCCCCCCCCC(CCCCCCCCCCCC)C(=O)NC(CC)C[N+](C)(C)C(C)(C)C(=O)O. The fraction of sp³-hybridized carbons (Fsp3) is 0.950. The van der Waals surface area contributed by atoms with Gasteiger partial charge in [-0.3, -0.25) is 4.79 Å². The van der Waals surface area contributed by atoms with Crippen molar-refractivity contribution >= 4 is 11.9 Å². The Morgan fingerprint density at radius 3 is 1.18 bits per heavy atom. The molecule has 0 aliphatic rings. The zero-order valence-electron chi connectivity index (χ0n) is 31.7. The van der Waals surface area contributed by atoms with E-state index in [0.29, 0.717) is 11.0 Å². The number of quaternary nitrogens is 1. The third kappa shape index (κ3) is 22.2. The van der Waals surface area contributed by atoms with Crippen molar-refractivity contribution in [3.05, 3.63) is 0 Å². The highest BCUT2D eigenvalue weighted by molar-refractivity contribution is 5.79. The van der Waals surface area contributed by atoms with Crippen LogP contribution < -0.4 is 5.32 Å². The molecule has 5 heteroatoms. The molecule has 0 heterocycles. The molecule has 0 spiro atoms. The molecule has 0 aliphatic carbocycles. The highest BCUT2D eigenvalue weighted by atomic mass is 16.4. The number of rotatable bonds is 33. The van der Waals surface area contributed by atoms with Gasteiger partial charge < -0.3 is 14.9 Å². The maximum atomic E-state index is 13.6. The summed E-state index contributed by atoms with van der Waals surface area (Å²) in [5.41, 5.74) is -0.915. The molecule has 0 fully saturated rings. The molecular weight excluding hydrogens is 556 g/mol. The molecule has 0 bridgehead atoms. The van der Waals surface area contributed by atoms with Gasteiger partial charge in [-0.1, -0.05) is 175 Å². The Kier molecular flexibility index (Phi) is 27.3. The minimum absolute atomic E-state index is 0.0160. The highest BCUT2D eigenvalue weighted by Crippen LogP contribution is 2.24. The molecule has 268 valence electrons. The van der Waals surface area contributed by atoms with Gasteiger partial charge >= 0.3 is 5.97 Å². The summed E-state index contributed by atoms with van der Waals surface area (Å²) < 4.78 is 0.336. The normalized spacial score (nSPS) is 13.6. The Morgan fingerprint density at radius 1 is 0.578 bits per heavy atom. The van der Waals surface area contributed by atoms with Crippen molar-refractivity contribution in [1.29, 1.82) is 0 Å². The van der Waals surface area contributed by atoms with Crippen LogP contribution in [0.5, 0.6) is 0 Å². The zero-order chi connectivity index (χ0) is 33.8. The van der Waals surface area contributed by atoms with E-state index in [1.165, 1.54) is 141 Å². The molecule has 0 aliphatic heterocycles. The summed E-state index contributed by atoms with van der Waals surface area (Å²) in [6, 6.07) is -0.0160. The van der Waals surface area contributed by atoms with Gasteiger partial charge in [0, 0.05) is 19.8 Å². The van der Waals surface area contributed by atoms with Crippen LogP contribution in [-0.2, 0) is 9.59 Å². The number of carbonyl (C=O) groups is 2. The van der Waals surface area contributed by atoms with Gasteiger partial charge in [0.1, 0.15) is 0 Å². The van der Waals surface area contributed by atoms with Crippen LogP contribution in [0.15, 0.2) is 0 Å². The number of hydrogen-bond acceptors (Lipinski definition) is 2. The second-order valence-corrected chi connectivity index (χ2v) is 15.4. The third-order valence-corrected chi connectivity index (χ3v) is 10.7. The van der Waals surface area contributed by atoms with Crippen molar-refractivity contribution in [3.63, 3.8) is 0 Å². The molecule has 0 rings (SSSR count). The molecular formula is C40H81N2O3+. The van der Waals surface area contributed by atoms with E-state index in [4.69, 9.17) is 0 Å². The topological polar surface area (TPSA) is 66.4 Å². The van der Waals surface area contributed by atoms with E-state index in [2.05, 4.69) is 26.1 Å². The van der Waals surface area contributed by atoms with Gasteiger partial charge in [-0.05, 0) is 19.3 Å². The second-order valence-electron chi connectivity index (χ2n) is 15.4. The number of nitrogens with zero attached hydrogens (tertiary/aromatic N) is 1. The van der Waals surface area contributed by atoms with E-state index < -0.39 is 11.5 Å². The quantitative estimate of drug-likeness (QED) is 0.0556. The van der Waals surface area contributed by atoms with Crippen LogP contribution in [0.4, 0.5) is 0 Å². The van der Waals surface area contributed by atoms with E-state index in [-0.39, 0.29) is 17.9 Å². The average molecular weight is 638 g/mol. The smallest absolute Gasteiger partial charge is 0.365 e. The largest absolute Gasteiger partial charge is 0.477 e. The number of carbonyl (C=O) groups excluding carboxylic acids is 1. The van der Waals surface area contributed by atoms with Gasteiger partial charge in [0.05, 0.1) is 26.7 Å². The number of likely N-dealkylation sites (N-methyl/N-ethyl adjacent to an activating group) is 1. The van der Waals surface area contributed by atoms with Gasteiger partial charge in [-0.2, -0.15) is 0 Å². The van der Waals surface area contributed by atoms with E-state index in [9.17, 15) is 14.7 Å². The summed E-state index contributed by atoms with van der Waals surface area (Å²) in [5.74, 6) is -0.528. The molecule has 0 aromatic rings. The van der Waals surface area contributed by atoms with Gasteiger partial charge in [-0.25, -0.2) is 4.79 Å². The van der Waals surface area contributed by atoms with Crippen LogP contribution in [0.1, 0.15) is 208 Å².